The van der Waals surface area contributed by atoms with Crippen molar-refractivity contribution in [3.05, 3.63) is 11.6 Å². The molecule has 0 aromatic rings. The molecule has 0 radical (unpaired) electrons. The number of unbranched alkanes of at least 4 members (excludes halogenated alkanes) is 2. The summed E-state index contributed by atoms with van der Waals surface area (Å²) < 4.78 is 5.22. The first-order valence-electron chi connectivity index (χ1n) is 15.0. The molecule has 3 saturated carbocycles. The second-order valence-electron chi connectivity index (χ2n) is 13.0. The number of rotatable bonds is 12. The third-order valence-electron chi connectivity index (χ3n) is 10.9. The molecule has 0 aromatic heterocycles. The van der Waals surface area contributed by atoms with Crippen LogP contribution in [0, 0.1) is 28.6 Å². The monoisotopic (exact) mass is 559 g/mol. The number of aliphatic hydroxyl groups is 1. The topological polar surface area (TPSA) is 147 Å². The van der Waals surface area contributed by atoms with E-state index >= 15 is 0 Å². The zero-order chi connectivity index (χ0) is 29.1. The maximum Gasteiger partial charge on any atom is 0.306 e. The lowest BCUT2D eigenvalue weighted by molar-refractivity contribution is -0.170. The van der Waals surface area contributed by atoms with E-state index in [0.29, 0.717) is 50.5 Å². The van der Waals surface area contributed by atoms with Gasteiger partial charge in [0.05, 0.1) is 6.42 Å². The van der Waals surface area contributed by atoms with Crippen LogP contribution in [0.15, 0.2) is 11.6 Å². The number of ketones is 2. The fraction of sp³-hybridized carbons (Fsp3) is 0.774. The first-order valence-corrected chi connectivity index (χ1v) is 15.0. The van der Waals surface area contributed by atoms with Gasteiger partial charge in [0.15, 0.2) is 12.4 Å². The molecule has 0 aliphatic heterocycles. The summed E-state index contributed by atoms with van der Waals surface area (Å²) in [4.78, 5) is 60.2. The van der Waals surface area contributed by atoms with Crippen LogP contribution in [0.1, 0.15) is 104 Å². The number of hydrogen-bond acceptors (Lipinski definition) is 7. The van der Waals surface area contributed by atoms with E-state index in [2.05, 4.69) is 12.2 Å². The third kappa shape index (κ3) is 5.90. The zero-order valence-electron chi connectivity index (χ0n) is 24.0. The number of hydrogen-bond donors (Lipinski definition) is 3. The molecule has 9 heteroatoms. The fourth-order valence-electron chi connectivity index (χ4n) is 8.48. The first kappa shape index (κ1) is 30.4. The van der Waals surface area contributed by atoms with Gasteiger partial charge in [0.25, 0.3) is 0 Å². The van der Waals surface area contributed by atoms with Crippen LogP contribution in [0.5, 0.6) is 0 Å². The Morgan fingerprint density at radius 2 is 1.70 bits per heavy atom. The van der Waals surface area contributed by atoms with Gasteiger partial charge in [-0.1, -0.05) is 25.8 Å². The maximum absolute atomic E-state index is 13.3. The summed E-state index contributed by atoms with van der Waals surface area (Å²) >= 11 is 0. The molecule has 6 atom stereocenters. The van der Waals surface area contributed by atoms with E-state index in [1.807, 2.05) is 13.0 Å². The van der Waals surface area contributed by atoms with Gasteiger partial charge in [-0.15, -0.1) is 0 Å². The maximum atomic E-state index is 13.3. The van der Waals surface area contributed by atoms with Crippen molar-refractivity contribution in [1.29, 1.82) is 0 Å². The van der Waals surface area contributed by atoms with E-state index in [0.717, 1.165) is 38.5 Å². The number of ether oxygens (including phenoxy) is 1. The highest BCUT2D eigenvalue weighted by Gasteiger charge is 2.66. The Hall–Kier alpha value is -2.55. The van der Waals surface area contributed by atoms with E-state index < -0.39 is 35.3 Å². The van der Waals surface area contributed by atoms with Crippen LogP contribution in [0.4, 0.5) is 0 Å². The van der Waals surface area contributed by atoms with E-state index in [9.17, 15) is 29.1 Å². The smallest absolute Gasteiger partial charge is 0.306 e. The Morgan fingerprint density at radius 1 is 0.950 bits per heavy atom. The normalized spacial score (nSPS) is 34.6. The van der Waals surface area contributed by atoms with Gasteiger partial charge < -0.3 is 20.3 Å². The van der Waals surface area contributed by atoms with Gasteiger partial charge >= 0.3 is 11.9 Å². The number of fused-ring (bicyclic) bond motifs is 5. The number of Topliss-reactive ketones (excluding diaryl/α,β-unsaturated/α-hetero) is 1. The summed E-state index contributed by atoms with van der Waals surface area (Å²) in [5.41, 5.74) is -0.815. The SMILES string of the molecule is CC12CCC(=O)C=C1CCC1C2CCC2(C)C1CCC2(O)C(=O)COC(=O)CCC(=O)NCCCCCC(=O)O. The predicted octanol–water partition coefficient (Wildman–Crippen LogP) is 3.90. The Labute approximate surface area is 236 Å². The molecule has 9 nitrogen and oxygen atoms in total. The molecule has 4 aliphatic carbocycles. The molecule has 1 amide bonds. The lowest BCUT2D eigenvalue weighted by Crippen LogP contribution is -2.58. The molecule has 3 N–H and O–H groups in total. The standard InChI is InChI=1S/C31H45NO8/c1-29-14-11-21(33)18-20(29)7-8-22-23(29)12-15-30(2)24(22)13-16-31(30,39)25(34)19-40-28(38)10-9-26(35)32-17-5-3-4-6-27(36)37/h18,22-24,39H,3-17,19H2,1-2H3,(H,32,35)(H,36,37). The first-order chi connectivity index (χ1) is 18.9. The molecule has 6 unspecified atom stereocenters. The molecule has 0 spiro atoms. The van der Waals surface area contributed by atoms with E-state index in [-0.39, 0.29) is 42.3 Å². The predicted molar refractivity (Wildman–Crippen MR) is 146 cm³/mol. The van der Waals surface area contributed by atoms with Crippen molar-refractivity contribution in [3.63, 3.8) is 0 Å². The highest BCUT2D eigenvalue weighted by atomic mass is 16.5. The van der Waals surface area contributed by atoms with Gasteiger partial charge in [-0.3, -0.25) is 24.0 Å². The molecule has 0 bridgehead atoms. The van der Waals surface area contributed by atoms with Crippen LogP contribution in [-0.2, 0) is 28.7 Å². The van der Waals surface area contributed by atoms with E-state index in [1.165, 1.54) is 5.57 Å². The quantitative estimate of drug-likeness (QED) is 0.241. The van der Waals surface area contributed by atoms with Crippen LogP contribution in [0.2, 0.25) is 0 Å². The third-order valence-corrected chi connectivity index (χ3v) is 10.9. The molecule has 0 saturated heterocycles. The van der Waals surface area contributed by atoms with Gasteiger partial charge in [-0.05, 0) is 87.0 Å². The molecular formula is C31H45NO8. The van der Waals surface area contributed by atoms with Gasteiger partial charge in [0.2, 0.25) is 11.7 Å². The Balaban J connectivity index is 1.25. The minimum Gasteiger partial charge on any atom is -0.481 e. The molecule has 0 heterocycles. The van der Waals surface area contributed by atoms with Crippen LogP contribution < -0.4 is 5.32 Å². The molecule has 4 aliphatic rings. The van der Waals surface area contributed by atoms with Crippen molar-refractivity contribution in [2.45, 2.75) is 109 Å². The van der Waals surface area contributed by atoms with Gasteiger partial charge in [-0.2, -0.15) is 0 Å². The Kier molecular flexibility index (Phi) is 9.22. The molecule has 40 heavy (non-hydrogen) atoms. The summed E-state index contributed by atoms with van der Waals surface area (Å²) in [6.45, 7) is 4.25. The number of carboxylic acid groups (broad SMARTS) is 1. The van der Waals surface area contributed by atoms with Crippen molar-refractivity contribution in [2.24, 2.45) is 28.6 Å². The lowest BCUT2D eigenvalue weighted by atomic mass is 9.46. The average molecular weight is 560 g/mol. The minimum absolute atomic E-state index is 0.0189. The Bertz CT molecular complexity index is 1070. The summed E-state index contributed by atoms with van der Waals surface area (Å²) in [5, 5.41) is 23.1. The van der Waals surface area contributed by atoms with Crippen LogP contribution >= 0.6 is 0 Å². The number of carbonyl (C=O) groups is 5. The number of allylic oxidation sites excluding steroid dienone is 1. The number of aliphatic carboxylic acids is 1. The van der Waals surface area contributed by atoms with E-state index in [1.54, 1.807) is 0 Å². The largest absolute Gasteiger partial charge is 0.481 e. The highest BCUT2D eigenvalue weighted by Crippen LogP contribution is 2.67. The number of carboxylic acids is 1. The molecule has 0 aromatic carbocycles. The van der Waals surface area contributed by atoms with Crippen molar-refractivity contribution >= 4 is 29.4 Å². The summed E-state index contributed by atoms with van der Waals surface area (Å²) in [6.07, 6.45) is 9.79. The van der Waals surface area contributed by atoms with Crippen LogP contribution in [0.3, 0.4) is 0 Å². The molecule has 4 rings (SSSR count). The second kappa shape index (κ2) is 12.1. The second-order valence-corrected chi connectivity index (χ2v) is 13.0. The summed E-state index contributed by atoms with van der Waals surface area (Å²) in [5.74, 6) is -0.962. The number of nitrogens with one attached hydrogen (secondary N) is 1. The molecule has 3 fully saturated rings. The van der Waals surface area contributed by atoms with Crippen LogP contribution in [0.25, 0.3) is 0 Å². The number of carbonyl (C=O) groups excluding carboxylic acids is 4. The van der Waals surface area contributed by atoms with Crippen molar-refractivity contribution in [2.75, 3.05) is 13.2 Å². The number of amides is 1. The van der Waals surface area contributed by atoms with Crippen molar-refractivity contribution in [3.8, 4) is 0 Å². The van der Waals surface area contributed by atoms with Crippen molar-refractivity contribution in [1.82, 2.24) is 5.32 Å². The molecule has 222 valence electrons. The van der Waals surface area contributed by atoms with Crippen LogP contribution in [-0.4, -0.2) is 58.4 Å². The Morgan fingerprint density at radius 3 is 2.45 bits per heavy atom. The van der Waals surface area contributed by atoms with E-state index in [4.69, 9.17) is 9.84 Å². The van der Waals surface area contributed by atoms with Gasteiger partial charge in [0, 0.05) is 31.2 Å². The highest BCUT2D eigenvalue weighted by molar-refractivity contribution is 5.92. The summed E-state index contributed by atoms with van der Waals surface area (Å²) in [6, 6.07) is 0. The fourth-order valence-corrected chi connectivity index (χ4v) is 8.48. The summed E-state index contributed by atoms with van der Waals surface area (Å²) in [7, 11) is 0. The minimum atomic E-state index is -1.54. The zero-order valence-corrected chi connectivity index (χ0v) is 24.0. The van der Waals surface area contributed by atoms with Gasteiger partial charge in [0.1, 0.15) is 5.60 Å². The lowest BCUT2D eigenvalue weighted by Gasteiger charge is -2.58. The van der Waals surface area contributed by atoms with Gasteiger partial charge in [-0.25, -0.2) is 0 Å². The average Bonchev–Trinajstić information content (AvgIpc) is 3.19. The van der Waals surface area contributed by atoms with Crippen molar-refractivity contribution < 1.29 is 38.9 Å². The number of esters is 1. The molecular weight excluding hydrogens is 514 g/mol.